The predicted octanol–water partition coefficient (Wildman–Crippen LogP) is 3.36. The van der Waals surface area contributed by atoms with Crippen molar-refractivity contribution in [3.8, 4) is 5.75 Å². The van der Waals surface area contributed by atoms with Gasteiger partial charge < -0.3 is 4.74 Å². The Morgan fingerprint density at radius 1 is 1.05 bits per heavy atom. The maximum Gasteiger partial charge on any atom is 0.144 e. The summed E-state index contributed by atoms with van der Waals surface area (Å²) in [5, 5.41) is 0. The van der Waals surface area contributed by atoms with Crippen molar-refractivity contribution in [2.24, 2.45) is 0 Å². The second-order valence-corrected chi connectivity index (χ2v) is 4.85. The van der Waals surface area contributed by atoms with E-state index in [-0.39, 0.29) is 11.7 Å². The molecule has 1 heterocycles. The zero-order chi connectivity index (χ0) is 13.1. The van der Waals surface area contributed by atoms with Crippen molar-refractivity contribution in [1.29, 1.82) is 0 Å². The molecule has 0 bridgehead atoms. The van der Waals surface area contributed by atoms with Gasteiger partial charge in [0.1, 0.15) is 18.1 Å². The second kappa shape index (κ2) is 5.27. The number of para-hydroxylation sites is 1. The standard InChI is InChI=1S/C17H16O2/c18-16(11-10-13-6-2-1-3-7-13)15-12-19-17-9-5-4-8-14(15)17/h1-9,15H,10-12H2. The highest BCUT2D eigenvalue weighted by Crippen LogP contribution is 2.34. The van der Waals surface area contributed by atoms with Gasteiger partial charge in [0.05, 0.1) is 5.92 Å². The van der Waals surface area contributed by atoms with Crippen molar-refractivity contribution in [2.75, 3.05) is 6.61 Å². The van der Waals surface area contributed by atoms with Gasteiger partial charge in [0.25, 0.3) is 0 Å². The van der Waals surface area contributed by atoms with E-state index in [1.165, 1.54) is 5.56 Å². The maximum absolute atomic E-state index is 12.3. The van der Waals surface area contributed by atoms with Crippen LogP contribution >= 0.6 is 0 Å². The zero-order valence-electron chi connectivity index (χ0n) is 10.7. The van der Waals surface area contributed by atoms with Gasteiger partial charge in [-0.05, 0) is 18.1 Å². The number of carbonyl (C=O) groups excluding carboxylic acids is 1. The van der Waals surface area contributed by atoms with E-state index in [9.17, 15) is 4.79 Å². The minimum Gasteiger partial charge on any atom is -0.492 e. The van der Waals surface area contributed by atoms with Crippen LogP contribution in [0.4, 0.5) is 0 Å². The van der Waals surface area contributed by atoms with Gasteiger partial charge in [-0.15, -0.1) is 0 Å². The summed E-state index contributed by atoms with van der Waals surface area (Å²) < 4.78 is 5.56. The highest BCUT2D eigenvalue weighted by Gasteiger charge is 2.29. The van der Waals surface area contributed by atoms with Gasteiger partial charge in [0.2, 0.25) is 0 Å². The lowest BCUT2D eigenvalue weighted by atomic mass is 9.93. The van der Waals surface area contributed by atoms with Gasteiger partial charge in [0, 0.05) is 12.0 Å². The number of ether oxygens (including phenoxy) is 1. The summed E-state index contributed by atoms with van der Waals surface area (Å²) in [6, 6.07) is 18.0. The summed E-state index contributed by atoms with van der Waals surface area (Å²) in [7, 11) is 0. The number of hydrogen-bond donors (Lipinski definition) is 0. The minimum absolute atomic E-state index is 0.0834. The minimum atomic E-state index is -0.0834. The van der Waals surface area contributed by atoms with Gasteiger partial charge in [-0.25, -0.2) is 0 Å². The first-order valence-electron chi connectivity index (χ1n) is 6.63. The van der Waals surface area contributed by atoms with Crippen molar-refractivity contribution in [3.63, 3.8) is 0 Å². The molecule has 0 saturated carbocycles. The molecule has 1 unspecified atom stereocenters. The van der Waals surface area contributed by atoms with Crippen LogP contribution < -0.4 is 4.74 Å². The van der Waals surface area contributed by atoms with Gasteiger partial charge in [0.15, 0.2) is 0 Å². The number of ketones is 1. The molecule has 2 aromatic carbocycles. The van der Waals surface area contributed by atoms with Crippen LogP contribution in [0.15, 0.2) is 54.6 Å². The normalized spacial score (nSPS) is 16.7. The lowest BCUT2D eigenvalue weighted by Crippen LogP contribution is -2.14. The van der Waals surface area contributed by atoms with Crippen LogP contribution in [0, 0.1) is 0 Å². The third kappa shape index (κ3) is 2.53. The van der Waals surface area contributed by atoms with Gasteiger partial charge >= 0.3 is 0 Å². The molecule has 2 aromatic rings. The van der Waals surface area contributed by atoms with Crippen molar-refractivity contribution in [1.82, 2.24) is 0 Å². The third-order valence-electron chi connectivity index (χ3n) is 3.59. The SMILES string of the molecule is O=C(CCc1ccccc1)C1COc2ccccc21. The lowest BCUT2D eigenvalue weighted by molar-refractivity contribution is -0.120. The van der Waals surface area contributed by atoms with E-state index in [1.54, 1.807) is 0 Å². The Labute approximate surface area is 113 Å². The molecule has 0 aliphatic carbocycles. The molecule has 1 aliphatic rings. The fraction of sp³-hybridized carbons (Fsp3) is 0.235. The molecule has 1 aliphatic heterocycles. The van der Waals surface area contributed by atoms with Crippen LogP contribution in [0.2, 0.25) is 0 Å². The molecular formula is C17H16O2. The number of Topliss-reactive ketones (excluding diaryl/α,β-unsaturated/α-hetero) is 1. The van der Waals surface area contributed by atoms with Crippen LogP contribution in [-0.2, 0) is 11.2 Å². The Hall–Kier alpha value is -2.09. The van der Waals surface area contributed by atoms with Crippen LogP contribution in [0.3, 0.4) is 0 Å². The Morgan fingerprint density at radius 3 is 2.63 bits per heavy atom. The average Bonchev–Trinajstić information content (AvgIpc) is 2.90. The Kier molecular flexibility index (Phi) is 3.32. The molecule has 96 valence electrons. The van der Waals surface area contributed by atoms with E-state index < -0.39 is 0 Å². The summed E-state index contributed by atoms with van der Waals surface area (Å²) >= 11 is 0. The van der Waals surface area contributed by atoms with Crippen LogP contribution in [0.25, 0.3) is 0 Å². The van der Waals surface area contributed by atoms with E-state index in [2.05, 4.69) is 12.1 Å². The van der Waals surface area contributed by atoms with Gasteiger partial charge in [-0.2, -0.15) is 0 Å². The molecule has 0 saturated heterocycles. The molecular weight excluding hydrogens is 236 g/mol. The number of benzene rings is 2. The van der Waals surface area contributed by atoms with E-state index >= 15 is 0 Å². The highest BCUT2D eigenvalue weighted by atomic mass is 16.5. The molecule has 0 aromatic heterocycles. The molecule has 2 heteroatoms. The highest BCUT2D eigenvalue weighted by molar-refractivity contribution is 5.87. The first-order chi connectivity index (χ1) is 9.34. The quantitative estimate of drug-likeness (QED) is 0.834. The Balaban J connectivity index is 1.66. The molecule has 0 spiro atoms. The molecule has 2 nitrogen and oxygen atoms in total. The number of carbonyl (C=O) groups is 1. The number of rotatable bonds is 4. The smallest absolute Gasteiger partial charge is 0.144 e. The summed E-state index contributed by atoms with van der Waals surface area (Å²) in [6.45, 7) is 0.493. The molecule has 3 rings (SSSR count). The first kappa shape index (κ1) is 12.0. The monoisotopic (exact) mass is 252 g/mol. The summed E-state index contributed by atoms with van der Waals surface area (Å²) in [5.74, 6) is 1.05. The van der Waals surface area contributed by atoms with Crippen molar-refractivity contribution < 1.29 is 9.53 Å². The summed E-state index contributed by atoms with van der Waals surface area (Å²) in [4.78, 5) is 12.3. The van der Waals surface area contributed by atoms with E-state index in [4.69, 9.17) is 4.74 Å². The molecule has 0 fully saturated rings. The predicted molar refractivity (Wildman–Crippen MR) is 74.4 cm³/mol. The average molecular weight is 252 g/mol. The van der Waals surface area contributed by atoms with E-state index in [1.807, 2.05) is 42.5 Å². The largest absolute Gasteiger partial charge is 0.492 e. The van der Waals surface area contributed by atoms with Crippen molar-refractivity contribution in [3.05, 3.63) is 65.7 Å². The maximum atomic E-state index is 12.3. The fourth-order valence-electron chi connectivity index (χ4n) is 2.52. The number of hydrogen-bond acceptors (Lipinski definition) is 2. The van der Waals surface area contributed by atoms with Crippen LogP contribution in [0.1, 0.15) is 23.5 Å². The van der Waals surface area contributed by atoms with E-state index in [0.29, 0.717) is 13.0 Å². The third-order valence-corrected chi connectivity index (χ3v) is 3.59. The summed E-state index contributed by atoms with van der Waals surface area (Å²) in [5.41, 5.74) is 2.25. The lowest BCUT2D eigenvalue weighted by Gasteiger charge is -2.07. The molecule has 0 radical (unpaired) electrons. The Morgan fingerprint density at radius 2 is 1.79 bits per heavy atom. The van der Waals surface area contributed by atoms with Gasteiger partial charge in [-0.1, -0.05) is 48.5 Å². The molecule has 19 heavy (non-hydrogen) atoms. The van der Waals surface area contributed by atoms with Gasteiger partial charge in [-0.3, -0.25) is 4.79 Å². The molecule has 0 N–H and O–H groups in total. The second-order valence-electron chi connectivity index (χ2n) is 4.85. The topological polar surface area (TPSA) is 26.3 Å². The Bertz CT molecular complexity index is 575. The first-order valence-corrected chi connectivity index (χ1v) is 6.63. The van der Waals surface area contributed by atoms with E-state index in [0.717, 1.165) is 17.7 Å². The van der Waals surface area contributed by atoms with Crippen molar-refractivity contribution in [2.45, 2.75) is 18.8 Å². The number of fused-ring (bicyclic) bond motifs is 1. The summed E-state index contributed by atoms with van der Waals surface area (Å²) in [6.07, 6.45) is 1.38. The number of aryl methyl sites for hydroxylation is 1. The fourth-order valence-corrected chi connectivity index (χ4v) is 2.52. The van der Waals surface area contributed by atoms with Crippen LogP contribution in [0.5, 0.6) is 5.75 Å². The zero-order valence-corrected chi connectivity index (χ0v) is 10.7. The molecule has 0 amide bonds. The van der Waals surface area contributed by atoms with Crippen LogP contribution in [-0.4, -0.2) is 12.4 Å². The van der Waals surface area contributed by atoms with Crippen molar-refractivity contribution >= 4 is 5.78 Å². The molecule has 1 atom stereocenters.